The first kappa shape index (κ1) is 22.3. The molecule has 0 aliphatic heterocycles. The highest BCUT2D eigenvalue weighted by molar-refractivity contribution is 7.99. The molecule has 0 aliphatic rings. The largest absolute Gasteiger partial charge is 0.355 e. The van der Waals surface area contributed by atoms with E-state index in [0.717, 1.165) is 18.4 Å². The molecule has 164 valence electrons. The van der Waals surface area contributed by atoms with Crippen LogP contribution in [0.15, 0.2) is 76.0 Å². The first-order valence-electron chi connectivity index (χ1n) is 10.6. The molecule has 1 amide bonds. The van der Waals surface area contributed by atoms with Crippen LogP contribution in [0.3, 0.4) is 0 Å². The summed E-state index contributed by atoms with van der Waals surface area (Å²) < 4.78 is 2.32. The topological polar surface area (TPSA) is 64.0 Å². The summed E-state index contributed by atoms with van der Waals surface area (Å²) >= 11 is 2.71. The number of hydrogen-bond donors (Lipinski definition) is 1. The molecule has 0 unspecified atom stereocenters. The molecule has 2 heterocycles. The Bertz CT molecular complexity index is 1250. The van der Waals surface area contributed by atoms with Gasteiger partial charge < -0.3 is 5.32 Å². The molecule has 0 saturated carbocycles. The van der Waals surface area contributed by atoms with Gasteiger partial charge in [0.05, 0.1) is 17.8 Å². The molecule has 5 nitrogen and oxygen atoms in total. The number of hydrogen-bond acceptors (Lipinski definition) is 5. The van der Waals surface area contributed by atoms with Gasteiger partial charge in [-0.1, -0.05) is 71.9 Å². The van der Waals surface area contributed by atoms with Crippen LogP contribution in [0, 0.1) is 6.92 Å². The molecule has 4 aromatic rings. The number of benzene rings is 2. The number of thioether (sulfide) groups is 1. The molecule has 0 atom stereocenters. The summed E-state index contributed by atoms with van der Waals surface area (Å²) in [5.74, 6) is 0.172. The average Bonchev–Trinajstić information content (AvgIpc) is 3.28. The molecule has 0 radical (unpaired) electrons. The lowest BCUT2D eigenvalue weighted by Gasteiger charge is -2.12. The molecule has 0 saturated heterocycles. The van der Waals surface area contributed by atoms with Gasteiger partial charge >= 0.3 is 0 Å². The number of nitrogens with one attached hydrogen (secondary N) is 1. The quantitative estimate of drug-likeness (QED) is 0.223. The standard InChI is InChI=1S/C25H25N3O2S2/c1-18-9-11-20(12-10-18)16-28-24(30)23-21(13-15-31-23)27-25(28)32-17-22(29)26-14-5-8-19-6-3-2-4-7-19/h2-4,6-7,9-13,15H,5,8,14,16-17H2,1H3,(H,26,29). The van der Waals surface area contributed by atoms with Crippen LogP contribution in [0.2, 0.25) is 0 Å². The Labute approximate surface area is 195 Å². The lowest BCUT2D eigenvalue weighted by molar-refractivity contribution is -0.118. The highest BCUT2D eigenvalue weighted by Gasteiger charge is 2.14. The minimum atomic E-state index is -0.0589. The van der Waals surface area contributed by atoms with Gasteiger partial charge in [0.15, 0.2) is 5.16 Å². The highest BCUT2D eigenvalue weighted by atomic mass is 32.2. The summed E-state index contributed by atoms with van der Waals surface area (Å²) in [4.78, 5) is 30.2. The van der Waals surface area contributed by atoms with Crippen molar-refractivity contribution in [3.05, 3.63) is 93.1 Å². The van der Waals surface area contributed by atoms with Crippen LogP contribution in [-0.2, 0) is 17.8 Å². The molecule has 0 spiro atoms. The van der Waals surface area contributed by atoms with Gasteiger partial charge in [0.2, 0.25) is 5.91 Å². The summed E-state index contributed by atoms with van der Waals surface area (Å²) in [6.45, 7) is 3.09. The fourth-order valence-corrected chi connectivity index (χ4v) is 5.00. The van der Waals surface area contributed by atoms with Crippen LogP contribution < -0.4 is 10.9 Å². The molecule has 0 fully saturated rings. The van der Waals surface area contributed by atoms with Gasteiger partial charge in [-0.3, -0.25) is 14.2 Å². The predicted molar refractivity (Wildman–Crippen MR) is 133 cm³/mol. The summed E-state index contributed by atoms with van der Waals surface area (Å²) in [5, 5.41) is 5.42. The second-order valence-electron chi connectivity index (χ2n) is 7.63. The van der Waals surface area contributed by atoms with E-state index in [1.54, 1.807) is 4.57 Å². The van der Waals surface area contributed by atoms with Crippen molar-refractivity contribution in [2.45, 2.75) is 31.5 Å². The van der Waals surface area contributed by atoms with E-state index in [2.05, 4.69) is 22.4 Å². The van der Waals surface area contributed by atoms with E-state index in [9.17, 15) is 9.59 Å². The Balaban J connectivity index is 1.40. The second kappa shape index (κ2) is 10.6. The minimum absolute atomic E-state index is 0.0513. The first-order chi connectivity index (χ1) is 15.6. The third-order valence-electron chi connectivity index (χ3n) is 5.13. The Kier molecular flexibility index (Phi) is 7.39. The van der Waals surface area contributed by atoms with Crippen molar-refractivity contribution >= 4 is 39.2 Å². The second-order valence-corrected chi connectivity index (χ2v) is 9.49. The molecule has 7 heteroatoms. The molecule has 4 rings (SSSR count). The molecule has 0 aliphatic carbocycles. The molecule has 2 aromatic heterocycles. The van der Waals surface area contributed by atoms with E-state index in [1.807, 2.05) is 60.8 Å². The van der Waals surface area contributed by atoms with Crippen LogP contribution in [0.5, 0.6) is 0 Å². The number of aryl methyl sites for hydroxylation is 2. The van der Waals surface area contributed by atoms with Gasteiger partial charge in [0, 0.05) is 6.54 Å². The number of nitrogens with zero attached hydrogens (tertiary/aromatic N) is 2. The van der Waals surface area contributed by atoms with E-state index >= 15 is 0 Å². The molecular formula is C25H25N3O2S2. The van der Waals surface area contributed by atoms with Crippen molar-refractivity contribution in [3.63, 3.8) is 0 Å². The lowest BCUT2D eigenvalue weighted by atomic mass is 10.1. The Morgan fingerprint density at radius 1 is 1.06 bits per heavy atom. The maximum absolute atomic E-state index is 13.1. The van der Waals surface area contributed by atoms with E-state index < -0.39 is 0 Å². The van der Waals surface area contributed by atoms with Crippen molar-refractivity contribution in [1.82, 2.24) is 14.9 Å². The van der Waals surface area contributed by atoms with Crippen molar-refractivity contribution < 1.29 is 4.79 Å². The zero-order chi connectivity index (χ0) is 22.3. The first-order valence-corrected chi connectivity index (χ1v) is 12.4. The maximum atomic E-state index is 13.1. The monoisotopic (exact) mass is 463 g/mol. The van der Waals surface area contributed by atoms with Gasteiger partial charge in [-0.05, 0) is 42.3 Å². The van der Waals surface area contributed by atoms with Crippen LogP contribution >= 0.6 is 23.1 Å². The average molecular weight is 464 g/mol. The predicted octanol–water partition coefficient (Wildman–Crippen LogP) is 4.66. The maximum Gasteiger partial charge on any atom is 0.272 e. The van der Waals surface area contributed by atoms with Crippen molar-refractivity contribution in [1.29, 1.82) is 0 Å². The number of fused-ring (bicyclic) bond motifs is 1. The molecule has 32 heavy (non-hydrogen) atoms. The van der Waals surface area contributed by atoms with Gasteiger partial charge in [-0.15, -0.1) is 11.3 Å². The third-order valence-corrected chi connectivity index (χ3v) is 7.00. The molecular weight excluding hydrogens is 438 g/mol. The Morgan fingerprint density at radius 3 is 2.62 bits per heavy atom. The summed E-state index contributed by atoms with van der Waals surface area (Å²) in [6, 6.07) is 20.2. The molecule has 0 bridgehead atoms. The summed E-state index contributed by atoms with van der Waals surface area (Å²) in [5.41, 5.74) is 4.10. The number of rotatable bonds is 9. The van der Waals surface area contributed by atoms with Gasteiger partial charge in [-0.25, -0.2) is 4.98 Å². The summed E-state index contributed by atoms with van der Waals surface area (Å²) in [7, 11) is 0. The van der Waals surface area contributed by atoms with Crippen LogP contribution in [0.25, 0.3) is 10.2 Å². The van der Waals surface area contributed by atoms with E-state index in [1.165, 1.54) is 34.2 Å². The molecule has 2 aromatic carbocycles. The summed E-state index contributed by atoms with van der Waals surface area (Å²) in [6.07, 6.45) is 1.82. The Hall–Kier alpha value is -2.90. The number of thiophene rings is 1. The van der Waals surface area contributed by atoms with Crippen molar-refractivity contribution in [2.75, 3.05) is 12.3 Å². The fraction of sp³-hybridized carbons (Fsp3) is 0.240. The SMILES string of the molecule is Cc1ccc(Cn2c(SCC(=O)NCCCc3ccccc3)nc3ccsc3c2=O)cc1. The van der Waals surface area contributed by atoms with E-state index in [-0.39, 0.29) is 17.2 Å². The number of carbonyl (C=O) groups is 1. The minimum Gasteiger partial charge on any atom is -0.355 e. The van der Waals surface area contributed by atoms with Crippen molar-refractivity contribution in [3.8, 4) is 0 Å². The van der Waals surface area contributed by atoms with E-state index in [4.69, 9.17) is 0 Å². The smallest absolute Gasteiger partial charge is 0.272 e. The van der Waals surface area contributed by atoms with Gasteiger partial charge in [-0.2, -0.15) is 0 Å². The number of carbonyl (C=O) groups excluding carboxylic acids is 1. The number of amides is 1. The van der Waals surface area contributed by atoms with Gasteiger partial charge in [0.1, 0.15) is 4.70 Å². The fourth-order valence-electron chi connectivity index (χ4n) is 3.40. The van der Waals surface area contributed by atoms with Crippen LogP contribution in [0.4, 0.5) is 0 Å². The van der Waals surface area contributed by atoms with Crippen LogP contribution in [0.1, 0.15) is 23.1 Å². The zero-order valence-corrected chi connectivity index (χ0v) is 19.5. The Morgan fingerprint density at radius 2 is 1.84 bits per heavy atom. The van der Waals surface area contributed by atoms with E-state index in [0.29, 0.717) is 28.5 Å². The molecule has 1 N–H and O–H groups in total. The zero-order valence-electron chi connectivity index (χ0n) is 17.9. The van der Waals surface area contributed by atoms with Crippen LogP contribution in [-0.4, -0.2) is 27.8 Å². The normalized spacial score (nSPS) is 11.0. The number of aromatic nitrogens is 2. The highest BCUT2D eigenvalue weighted by Crippen LogP contribution is 2.21. The van der Waals surface area contributed by atoms with Crippen molar-refractivity contribution in [2.24, 2.45) is 0 Å². The lowest BCUT2D eigenvalue weighted by Crippen LogP contribution is -2.28. The third kappa shape index (κ3) is 5.66. The van der Waals surface area contributed by atoms with Gasteiger partial charge in [0.25, 0.3) is 5.56 Å².